The van der Waals surface area contributed by atoms with Crippen LogP contribution in [0.1, 0.15) is 62.5 Å². The summed E-state index contributed by atoms with van der Waals surface area (Å²) in [6, 6.07) is 20.3. The number of aliphatic imine (C=N–C) groups is 1. The number of nitrogens with zero attached hydrogens (tertiary/aromatic N) is 6. The number of piperidine rings is 3. The Kier molecular flexibility index (Phi) is 8.26. The van der Waals surface area contributed by atoms with Crippen molar-refractivity contribution in [3.63, 3.8) is 0 Å². The summed E-state index contributed by atoms with van der Waals surface area (Å²) in [7, 11) is 0. The fraction of sp³-hybridized carbons (Fsp3) is 0.395. The fourth-order valence-corrected chi connectivity index (χ4v) is 8.02. The van der Waals surface area contributed by atoms with Gasteiger partial charge in [0.1, 0.15) is 11.3 Å². The van der Waals surface area contributed by atoms with Gasteiger partial charge in [0, 0.05) is 60.8 Å². The molecule has 3 fully saturated rings. The number of phenolic OH excluding ortho intramolecular Hbond substituents is 1. The molecule has 0 spiro atoms. The lowest BCUT2D eigenvalue weighted by molar-refractivity contribution is -0.134. The lowest BCUT2D eigenvalue weighted by Gasteiger charge is -2.42. The van der Waals surface area contributed by atoms with Gasteiger partial charge in [-0.3, -0.25) is 19.9 Å². The minimum absolute atomic E-state index is 0.117. The van der Waals surface area contributed by atoms with Crippen LogP contribution in [-0.2, 0) is 9.59 Å². The third-order valence-electron chi connectivity index (χ3n) is 10.8. The van der Waals surface area contributed by atoms with Gasteiger partial charge >= 0.3 is 0 Å². The Labute approximate surface area is 280 Å². The zero-order chi connectivity index (χ0) is 32.6. The first-order valence-corrected chi connectivity index (χ1v) is 17.3. The van der Waals surface area contributed by atoms with E-state index in [0.29, 0.717) is 36.1 Å². The van der Waals surface area contributed by atoms with Crippen molar-refractivity contribution in [2.45, 2.75) is 62.9 Å². The standard InChI is InChI=1S/C38H41N7O3/c46-36-4-2-1-3-31(36)34-23-35-33(41-42-34)17-22-45(35)29-9-11-32(39-24-29)26-13-18-43(19-14-26)28-15-20-44(21-16-28)27-7-5-25(6-8-27)30-10-12-37(47)40-38(30)48/h1-8,11,17,22-24,26,28-30,46H,9-10,12-16,18-21H2,(H,40,47,48). The Morgan fingerprint density at radius 1 is 0.854 bits per heavy atom. The predicted octanol–water partition coefficient (Wildman–Crippen LogP) is 5.60. The van der Waals surface area contributed by atoms with Gasteiger partial charge in [0.2, 0.25) is 11.8 Å². The first-order valence-electron chi connectivity index (χ1n) is 17.3. The average molecular weight is 644 g/mol. The Bertz CT molecular complexity index is 1880. The quantitative estimate of drug-likeness (QED) is 0.263. The zero-order valence-corrected chi connectivity index (χ0v) is 27.0. The second kappa shape index (κ2) is 13.0. The fourth-order valence-electron chi connectivity index (χ4n) is 8.02. The van der Waals surface area contributed by atoms with E-state index >= 15 is 0 Å². The smallest absolute Gasteiger partial charge is 0.234 e. The minimum atomic E-state index is -0.234. The van der Waals surface area contributed by atoms with Gasteiger partial charge in [-0.05, 0) is 93.6 Å². The minimum Gasteiger partial charge on any atom is -0.507 e. The number of amides is 2. The highest BCUT2D eigenvalue weighted by Crippen LogP contribution is 2.35. The Morgan fingerprint density at radius 2 is 1.65 bits per heavy atom. The first kappa shape index (κ1) is 30.5. The van der Waals surface area contributed by atoms with Crippen molar-refractivity contribution in [3.05, 3.63) is 84.2 Å². The molecule has 4 aliphatic heterocycles. The van der Waals surface area contributed by atoms with Gasteiger partial charge < -0.3 is 19.5 Å². The highest BCUT2D eigenvalue weighted by molar-refractivity contribution is 6.01. The van der Waals surface area contributed by atoms with E-state index in [1.165, 1.54) is 11.4 Å². The number of aromatic hydroxyl groups is 1. The van der Waals surface area contributed by atoms with Gasteiger partial charge in [0.05, 0.1) is 23.2 Å². The number of carbonyl (C=O) groups is 2. The van der Waals surface area contributed by atoms with E-state index in [1.54, 1.807) is 12.1 Å². The molecule has 0 bridgehead atoms. The summed E-state index contributed by atoms with van der Waals surface area (Å²) in [6.07, 6.45) is 13.0. The number of allylic oxidation sites excluding steroid dienone is 2. The van der Waals surface area contributed by atoms with Crippen LogP contribution in [0.4, 0.5) is 5.69 Å². The maximum atomic E-state index is 12.3. The largest absolute Gasteiger partial charge is 0.507 e. The topological polar surface area (TPSA) is 116 Å². The SMILES string of the molecule is O=C1CCC(c2ccc(N3CCC(N4CCC(C5=CCC(n6ccc7nnc(-c8ccccc8O)cc76)C=N5)CC4)CC3)cc2)C(=O)N1. The molecule has 10 nitrogen and oxygen atoms in total. The summed E-state index contributed by atoms with van der Waals surface area (Å²) in [5.74, 6) is 0.114. The number of phenols is 1. The van der Waals surface area contributed by atoms with Crippen LogP contribution in [0.15, 0.2) is 83.6 Å². The van der Waals surface area contributed by atoms with E-state index in [9.17, 15) is 14.7 Å². The summed E-state index contributed by atoms with van der Waals surface area (Å²) in [6.45, 7) is 4.30. The molecule has 4 aliphatic rings. The van der Waals surface area contributed by atoms with E-state index in [-0.39, 0.29) is 29.5 Å². The molecule has 6 heterocycles. The van der Waals surface area contributed by atoms with E-state index in [1.807, 2.05) is 24.3 Å². The lowest BCUT2D eigenvalue weighted by atomic mass is 9.89. The number of hydrogen-bond donors (Lipinski definition) is 2. The predicted molar refractivity (Wildman–Crippen MR) is 186 cm³/mol. The number of hydrogen-bond acceptors (Lipinski definition) is 8. The summed E-state index contributed by atoms with van der Waals surface area (Å²) in [5.41, 5.74) is 6.57. The molecule has 0 radical (unpaired) electrons. The van der Waals surface area contributed by atoms with Gasteiger partial charge in [-0.25, -0.2) is 0 Å². The second-order valence-corrected chi connectivity index (χ2v) is 13.6. The van der Waals surface area contributed by atoms with E-state index in [2.05, 4.69) is 72.6 Å². The number of fused-ring (bicyclic) bond motifs is 1. The van der Waals surface area contributed by atoms with Crippen LogP contribution in [0.5, 0.6) is 5.75 Å². The number of likely N-dealkylation sites (tertiary alicyclic amines) is 1. The number of aromatic nitrogens is 3. The number of rotatable bonds is 6. The Hall–Kier alpha value is -4.83. The number of benzene rings is 2. The Morgan fingerprint density at radius 3 is 2.38 bits per heavy atom. The third kappa shape index (κ3) is 6.01. The molecule has 2 amide bonds. The molecule has 8 rings (SSSR count). The molecule has 48 heavy (non-hydrogen) atoms. The first-order chi connectivity index (χ1) is 23.5. The van der Waals surface area contributed by atoms with Crippen molar-refractivity contribution in [2.75, 3.05) is 31.1 Å². The monoisotopic (exact) mass is 643 g/mol. The third-order valence-corrected chi connectivity index (χ3v) is 10.8. The van der Waals surface area contributed by atoms with Crippen LogP contribution in [0, 0.1) is 5.92 Å². The van der Waals surface area contributed by atoms with Gasteiger partial charge in [-0.15, -0.1) is 10.2 Å². The molecular weight excluding hydrogens is 602 g/mol. The molecule has 10 heteroatoms. The van der Waals surface area contributed by atoms with Crippen molar-refractivity contribution in [3.8, 4) is 17.0 Å². The van der Waals surface area contributed by atoms with Crippen LogP contribution in [0.3, 0.4) is 0 Å². The molecule has 2 N–H and O–H groups in total. The number of carbonyl (C=O) groups excluding carboxylic acids is 2. The van der Waals surface area contributed by atoms with Gasteiger partial charge in [0.25, 0.3) is 0 Å². The summed E-state index contributed by atoms with van der Waals surface area (Å²) in [5, 5.41) is 21.6. The summed E-state index contributed by atoms with van der Waals surface area (Å²) < 4.78 is 2.21. The van der Waals surface area contributed by atoms with Crippen molar-refractivity contribution < 1.29 is 14.7 Å². The van der Waals surface area contributed by atoms with Gasteiger partial charge in [0.15, 0.2) is 0 Å². The number of anilines is 1. The van der Waals surface area contributed by atoms with Crippen molar-refractivity contribution >= 4 is 34.7 Å². The molecule has 2 aromatic heterocycles. The van der Waals surface area contributed by atoms with Crippen LogP contribution >= 0.6 is 0 Å². The van der Waals surface area contributed by atoms with Crippen molar-refractivity contribution in [1.82, 2.24) is 25.0 Å². The Balaban J connectivity index is 0.831. The highest BCUT2D eigenvalue weighted by atomic mass is 16.3. The number of imide groups is 1. The molecule has 246 valence electrons. The van der Waals surface area contributed by atoms with Gasteiger partial charge in [-0.2, -0.15) is 0 Å². The van der Waals surface area contributed by atoms with Crippen LogP contribution in [0.25, 0.3) is 22.3 Å². The molecule has 2 unspecified atom stereocenters. The summed E-state index contributed by atoms with van der Waals surface area (Å²) in [4.78, 5) is 33.9. The van der Waals surface area contributed by atoms with Crippen LogP contribution in [0.2, 0.25) is 0 Å². The summed E-state index contributed by atoms with van der Waals surface area (Å²) >= 11 is 0. The van der Waals surface area contributed by atoms with Crippen LogP contribution < -0.4 is 10.2 Å². The van der Waals surface area contributed by atoms with E-state index < -0.39 is 0 Å². The maximum Gasteiger partial charge on any atom is 0.234 e. The number of nitrogens with one attached hydrogen (secondary N) is 1. The molecule has 3 saturated heterocycles. The van der Waals surface area contributed by atoms with Crippen molar-refractivity contribution in [2.24, 2.45) is 10.9 Å². The highest BCUT2D eigenvalue weighted by Gasteiger charge is 2.31. The van der Waals surface area contributed by atoms with Gasteiger partial charge in [-0.1, -0.05) is 30.3 Å². The maximum absolute atomic E-state index is 12.3. The molecular formula is C38H41N7O3. The van der Waals surface area contributed by atoms with Crippen LogP contribution in [-0.4, -0.2) is 75.0 Å². The molecule has 2 aromatic carbocycles. The molecule has 2 atom stereocenters. The molecule has 4 aromatic rings. The number of para-hydroxylation sites is 1. The average Bonchev–Trinajstić information content (AvgIpc) is 3.56. The zero-order valence-electron chi connectivity index (χ0n) is 27.0. The second-order valence-electron chi connectivity index (χ2n) is 13.6. The molecule has 0 aliphatic carbocycles. The van der Waals surface area contributed by atoms with E-state index in [0.717, 1.165) is 74.9 Å². The van der Waals surface area contributed by atoms with Crippen molar-refractivity contribution in [1.29, 1.82) is 0 Å². The van der Waals surface area contributed by atoms with E-state index in [4.69, 9.17) is 4.99 Å². The molecule has 0 saturated carbocycles. The lowest BCUT2D eigenvalue weighted by Crippen LogP contribution is -2.48. The normalized spacial score (nSPS) is 23.0.